The normalized spacial score (nSPS) is 16.7. The van der Waals surface area contributed by atoms with Crippen LogP contribution in [-0.2, 0) is 16.0 Å². The summed E-state index contributed by atoms with van der Waals surface area (Å²) in [4.78, 5) is 39.8. The Labute approximate surface area is 197 Å². The molecule has 2 aliphatic rings. The number of benzene rings is 3. The first-order valence-corrected chi connectivity index (χ1v) is 11.2. The molecule has 0 spiro atoms. The third kappa shape index (κ3) is 4.08. The quantitative estimate of drug-likeness (QED) is 0.633. The molecule has 3 aromatic carbocycles. The van der Waals surface area contributed by atoms with E-state index in [1.165, 1.54) is 12.5 Å². The third-order valence-corrected chi connectivity index (χ3v) is 6.18. The number of anilines is 3. The standard InChI is InChI=1S/C27H24N4O3/c1-18(32)25-17-23(29-31(25)22-8-3-2-4-9-22)26(33)28-21-13-11-20(12-14-21)27(34)30-16-15-19-7-5-6-10-24(19)30/h2-14,25H,15-17H2,1H3,(H,28,33). The van der Waals surface area contributed by atoms with Gasteiger partial charge in [0.25, 0.3) is 11.8 Å². The van der Waals surface area contributed by atoms with Crippen LogP contribution in [-0.4, -0.2) is 35.9 Å². The molecule has 0 saturated heterocycles. The van der Waals surface area contributed by atoms with Gasteiger partial charge < -0.3 is 10.2 Å². The van der Waals surface area contributed by atoms with Crippen molar-refractivity contribution in [2.24, 2.45) is 5.10 Å². The minimum atomic E-state index is -0.508. The summed E-state index contributed by atoms with van der Waals surface area (Å²) in [5.41, 5.74) is 4.29. The Kier molecular flexibility index (Phi) is 5.67. The summed E-state index contributed by atoms with van der Waals surface area (Å²) in [5, 5.41) is 8.87. The van der Waals surface area contributed by atoms with E-state index >= 15 is 0 Å². The number of hydrogen-bond acceptors (Lipinski definition) is 5. The summed E-state index contributed by atoms with van der Waals surface area (Å²) in [7, 11) is 0. The molecule has 7 heteroatoms. The summed E-state index contributed by atoms with van der Waals surface area (Å²) < 4.78 is 0. The van der Waals surface area contributed by atoms with Crippen LogP contribution < -0.4 is 15.2 Å². The molecule has 2 amide bonds. The second-order valence-corrected chi connectivity index (χ2v) is 8.42. The van der Waals surface area contributed by atoms with E-state index in [1.807, 2.05) is 54.6 Å². The van der Waals surface area contributed by atoms with E-state index < -0.39 is 6.04 Å². The van der Waals surface area contributed by atoms with Gasteiger partial charge in [0.1, 0.15) is 11.8 Å². The lowest BCUT2D eigenvalue weighted by Crippen LogP contribution is -2.33. The largest absolute Gasteiger partial charge is 0.321 e. The van der Waals surface area contributed by atoms with Gasteiger partial charge in [-0.25, -0.2) is 0 Å². The van der Waals surface area contributed by atoms with E-state index in [2.05, 4.69) is 10.4 Å². The summed E-state index contributed by atoms with van der Waals surface area (Å²) in [6, 6.07) is 23.6. The Hall–Kier alpha value is -4.26. The number of nitrogens with zero attached hydrogens (tertiary/aromatic N) is 3. The van der Waals surface area contributed by atoms with Gasteiger partial charge in [-0.3, -0.25) is 19.4 Å². The smallest absolute Gasteiger partial charge is 0.271 e. The molecule has 0 radical (unpaired) electrons. The van der Waals surface area contributed by atoms with Crippen molar-refractivity contribution in [3.63, 3.8) is 0 Å². The fourth-order valence-corrected chi connectivity index (χ4v) is 4.39. The van der Waals surface area contributed by atoms with Crippen LogP contribution in [0, 0.1) is 0 Å². The van der Waals surface area contributed by atoms with Crippen LogP contribution in [0.2, 0.25) is 0 Å². The third-order valence-electron chi connectivity index (χ3n) is 6.18. The molecule has 1 N–H and O–H groups in total. The highest BCUT2D eigenvalue weighted by molar-refractivity contribution is 6.44. The number of Topliss-reactive ketones (excluding diaryl/α,β-unsaturated/α-hetero) is 1. The van der Waals surface area contributed by atoms with Crippen molar-refractivity contribution < 1.29 is 14.4 Å². The van der Waals surface area contributed by atoms with Gasteiger partial charge in [-0.1, -0.05) is 36.4 Å². The maximum Gasteiger partial charge on any atom is 0.271 e. The molecule has 170 valence electrons. The van der Waals surface area contributed by atoms with Gasteiger partial charge in [0, 0.05) is 29.9 Å². The topological polar surface area (TPSA) is 82.1 Å². The van der Waals surface area contributed by atoms with Gasteiger partial charge in [-0.15, -0.1) is 0 Å². The fourth-order valence-electron chi connectivity index (χ4n) is 4.39. The van der Waals surface area contributed by atoms with E-state index in [9.17, 15) is 14.4 Å². The van der Waals surface area contributed by atoms with Crippen molar-refractivity contribution in [1.29, 1.82) is 0 Å². The molecule has 0 aliphatic carbocycles. The fraction of sp³-hybridized carbons (Fsp3) is 0.185. The van der Waals surface area contributed by atoms with Crippen LogP contribution in [0.4, 0.5) is 17.1 Å². The molecule has 34 heavy (non-hydrogen) atoms. The molecule has 3 aromatic rings. The number of amides is 2. The first kappa shape index (κ1) is 21.6. The second kappa shape index (κ2) is 8.94. The van der Waals surface area contributed by atoms with Gasteiger partial charge >= 0.3 is 0 Å². The van der Waals surface area contributed by atoms with Crippen molar-refractivity contribution in [1.82, 2.24) is 0 Å². The lowest BCUT2D eigenvalue weighted by atomic mass is 10.1. The minimum absolute atomic E-state index is 0.0539. The van der Waals surface area contributed by atoms with Crippen LogP contribution in [0.1, 0.15) is 29.3 Å². The Morgan fingerprint density at radius 3 is 2.35 bits per heavy atom. The number of nitrogens with one attached hydrogen (secondary N) is 1. The number of carbonyl (C=O) groups excluding carboxylic acids is 3. The number of carbonyl (C=O) groups is 3. The average molecular weight is 453 g/mol. The van der Waals surface area contributed by atoms with E-state index in [0.29, 0.717) is 17.8 Å². The highest BCUT2D eigenvalue weighted by Gasteiger charge is 2.34. The second-order valence-electron chi connectivity index (χ2n) is 8.42. The highest BCUT2D eigenvalue weighted by atomic mass is 16.2. The Bertz CT molecular complexity index is 1280. The molecule has 1 atom stereocenters. The predicted molar refractivity (Wildman–Crippen MR) is 132 cm³/mol. The first-order chi connectivity index (χ1) is 16.5. The van der Waals surface area contributed by atoms with Gasteiger partial charge in [-0.05, 0) is 61.4 Å². The summed E-state index contributed by atoms with van der Waals surface area (Å²) >= 11 is 0. The molecule has 2 heterocycles. The Morgan fingerprint density at radius 2 is 1.62 bits per heavy atom. The lowest BCUT2D eigenvalue weighted by molar-refractivity contribution is -0.118. The SMILES string of the molecule is CC(=O)C1CC(C(=O)Nc2ccc(C(=O)N3CCc4ccccc43)cc2)=NN1c1ccccc1. The van der Waals surface area contributed by atoms with Crippen molar-refractivity contribution in [3.05, 3.63) is 90.0 Å². The van der Waals surface area contributed by atoms with Gasteiger partial charge in [-0.2, -0.15) is 5.10 Å². The molecule has 0 bridgehead atoms. The molecule has 1 unspecified atom stereocenters. The molecule has 0 fully saturated rings. The molecule has 7 nitrogen and oxygen atoms in total. The molecule has 0 saturated carbocycles. The van der Waals surface area contributed by atoms with E-state index in [4.69, 9.17) is 0 Å². The van der Waals surface area contributed by atoms with Crippen molar-refractivity contribution >= 4 is 40.4 Å². The van der Waals surface area contributed by atoms with Crippen LogP contribution in [0.5, 0.6) is 0 Å². The Morgan fingerprint density at radius 1 is 0.912 bits per heavy atom. The summed E-state index contributed by atoms with van der Waals surface area (Å²) in [6.07, 6.45) is 1.08. The first-order valence-electron chi connectivity index (χ1n) is 11.2. The van der Waals surface area contributed by atoms with Gasteiger partial charge in [0.05, 0.1) is 5.69 Å². The van der Waals surface area contributed by atoms with Crippen molar-refractivity contribution in [3.8, 4) is 0 Å². The zero-order valence-corrected chi connectivity index (χ0v) is 18.8. The maximum atomic E-state index is 13.0. The number of rotatable bonds is 5. The summed E-state index contributed by atoms with van der Waals surface area (Å²) in [6.45, 7) is 2.16. The van der Waals surface area contributed by atoms with Gasteiger partial charge in [0.2, 0.25) is 0 Å². The van der Waals surface area contributed by atoms with Crippen LogP contribution >= 0.6 is 0 Å². The molecule has 2 aliphatic heterocycles. The summed E-state index contributed by atoms with van der Waals surface area (Å²) in [5.74, 6) is -0.482. The van der Waals surface area contributed by atoms with E-state index in [0.717, 1.165) is 17.8 Å². The Balaban J connectivity index is 1.28. The molecule has 0 aromatic heterocycles. The minimum Gasteiger partial charge on any atom is -0.321 e. The number of hydrogen-bond donors (Lipinski definition) is 1. The van der Waals surface area contributed by atoms with E-state index in [-0.39, 0.29) is 29.7 Å². The predicted octanol–water partition coefficient (Wildman–Crippen LogP) is 4.05. The van der Waals surface area contributed by atoms with E-state index in [1.54, 1.807) is 34.2 Å². The molecular formula is C27H24N4O3. The number of para-hydroxylation sites is 2. The zero-order valence-electron chi connectivity index (χ0n) is 18.8. The lowest BCUT2D eigenvalue weighted by Gasteiger charge is -2.20. The average Bonchev–Trinajstić information content (AvgIpc) is 3.50. The molecular weight excluding hydrogens is 428 g/mol. The zero-order chi connectivity index (χ0) is 23.7. The van der Waals surface area contributed by atoms with Crippen LogP contribution in [0.25, 0.3) is 0 Å². The van der Waals surface area contributed by atoms with Crippen molar-refractivity contribution in [2.75, 3.05) is 21.8 Å². The molecule has 5 rings (SSSR count). The van der Waals surface area contributed by atoms with Crippen molar-refractivity contribution in [2.45, 2.75) is 25.8 Å². The number of fused-ring (bicyclic) bond motifs is 1. The number of hydrazone groups is 1. The highest BCUT2D eigenvalue weighted by Crippen LogP contribution is 2.29. The maximum absolute atomic E-state index is 13.0. The van der Waals surface area contributed by atoms with Crippen LogP contribution in [0.15, 0.2) is 84.0 Å². The monoisotopic (exact) mass is 452 g/mol. The van der Waals surface area contributed by atoms with Gasteiger partial charge in [0.15, 0.2) is 5.78 Å². The number of ketones is 1. The van der Waals surface area contributed by atoms with Crippen LogP contribution in [0.3, 0.4) is 0 Å².